The van der Waals surface area contributed by atoms with Crippen molar-refractivity contribution in [3.8, 4) is 0 Å². The molecular weight excluding hydrogens is 184 g/mol. The number of rotatable bonds is 1. The Morgan fingerprint density at radius 2 is 1.60 bits per heavy atom. The minimum absolute atomic E-state index is 0.495. The van der Waals surface area contributed by atoms with Gasteiger partial charge in [-0.25, -0.2) is 0 Å². The second-order valence-corrected chi connectivity index (χ2v) is 6.29. The molecule has 0 saturated heterocycles. The van der Waals surface area contributed by atoms with Crippen LogP contribution in [-0.4, -0.2) is 12.1 Å². The average molecular weight is 208 g/mol. The quantitative estimate of drug-likeness (QED) is 0.692. The summed E-state index contributed by atoms with van der Waals surface area (Å²) in [5.41, 5.74) is 12.9. The Hall–Kier alpha value is -0.0800. The molecule has 4 N–H and O–H groups in total. The molecule has 15 heavy (non-hydrogen) atoms. The first kappa shape index (κ1) is 10.1. The fourth-order valence-corrected chi connectivity index (χ4v) is 4.42. The van der Waals surface area contributed by atoms with Crippen LogP contribution in [0.25, 0.3) is 0 Å². The maximum Gasteiger partial charge on any atom is 0.00418 e. The molecule has 0 aromatic rings. The van der Waals surface area contributed by atoms with Crippen molar-refractivity contribution in [3.05, 3.63) is 0 Å². The smallest absolute Gasteiger partial charge is 0.00418 e. The van der Waals surface area contributed by atoms with Crippen LogP contribution in [0.1, 0.15) is 51.4 Å². The monoisotopic (exact) mass is 208 g/mol. The van der Waals surface area contributed by atoms with Crippen molar-refractivity contribution in [3.63, 3.8) is 0 Å². The van der Waals surface area contributed by atoms with Crippen LogP contribution >= 0.6 is 0 Å². The third-order valence-electron chi connectivity index (χ3n) is 5.38. The highest BCUT2D eigenvalue weighted by molar-refractivity contribution is 5.10. The Labute approximate surface area is 92.8 Å². The third kappa shape index (κ3) is 1.62. The van der Waals surface area contributed by atoms with Crippen LogP contribution in [0, 0.1) is 17.3 Å². The standard InChI is InChI=1S/C13H24N2/c14-11-3-1-2-9(6-11)13-5-4-12(15)7-10(13)8-13/h9-12H,1-8,14-15H2/t9?,10?,11-,12?,13?/m1/s1. The molecule has 3 saturated carbocycles. The molecule has 0 aromatic carbocycles. The van der Waals surface area contributed by atoms with Crippen LogP contribution in [0.4, 0.5) is 0 Å². The fourth-order valence-electron chi connectivity index (χ4n) is 4.42. The third-order valence-corrected chi connectivity index (χ3v) is 5.38. The van der Waals surface area contributed by atoms with Gasteiger partial charge in [0.05, 0.1) is 0 Å². The molecule has 3 rings (SSSR count). The zero-order chi connectivity index (χ0) is 10.5. The molecule has 0 radical (unpaired) electrons. The number of nitrogens with two attached hydrogens (primary N) is 2. The Balaban J connectivity index is 1.67. The molecular formula is C13H24N2. The molecule has 5 atom stereocenters. The van der Waals surface area contributed by atoms with Crippen LogP contribution in [0.5, 0.6) is 0 Å². The first-order valence-electron chi connectivity index (χ1n) is 6.72. The first-order chi connectivity index (χ1) is 7.21. The van der Waals surface area contributed by atoms with Gasteiger partial charge in [0.2, 0.25) is 0 Å². The SMILES string of the molecule is NC1CCC2(C3CCC[C@@H](N)C3)CC2C1. The molecule has 2 nitrogen and oxygen atoms in total. The summed E-state index contributed by atoms with van der Waals surface area (Å²) in [4.78, 5) is 0. The van der Waals surface area contributed by atoms with Crippen LogP contribution in [-0.2, 0) is 0 Å². The van der Waals surface area contributed by atoms with Gasteiger partial charge in [-0.15, -0.1) is 0 Å². The van der Waals surface area contributed by atoms with Crippen molar-refractivity contribution in [2.24, 2.45) is 28.7 Å². The second-order valence-electron chi connectivity index (χ2n) is 6.29. The van der Waals surface area contributed by atoms with Gasteiger partial charge in [0, 0.05) is 12.1 Å². The predicted octanol–water partition coefficient (Wildman–Crippen LogP) is 2.02. The van der Waals surface area contributed by atoms with Crippen molar-refractivity contribution >= 4 is 0 Å². The van der Waals surface area contributed by atoms with Gasteiger partial charge in [0.15, 0.2) is 0 Å². The van der Waals surface area contributed by atoms with E-state index in [1.54, 1.807) is 0 Å². The predicted molar refractivity (Wildman–Crippen MR) is 62.3 cm³/mol. The minimum Gasteiger partial charge on any atom is -0.328 e. The van der Waals surface area contributed by atoms with Crippen molar-refractivity contribution < 1.29 is 0 Å². The Morgan fingerprint density at radius 1 is 0.867 bits per heavy atom. The van der Waals surface area contributed by atoms with E-state index < -0.39 is 0 Å². The Kier molecular flexibility index (Phi) is 2.33. The van der Waals surface area contributed by atoms with Gasteiger partial charge < -0.3 is 11.5 Å². The van der Waals surface area contributed by atoms with Gasteiger partial charge in [-0.05, 0) is 62.2 Å². The van der Waals surface area contributed by atoms with Gasteiger partial charge in [0.1, 0.15) is 0 Å². The van der Waals surface area contributed by atoms with E-state index in [1.165, 1.54) is 51.4 Å². The number of fused-ring (bicyclic) bond motifs is 1. The number of hydrogen-bond acceptors (Lipinski definition) is 2. The van der Waals surface area contributed by atoms with Gasteiger partial charge in [0.25, 0.3) is 0 Å². The van der Waals surface area contributed by atoms with Gasteiger partial charge in [-0.1, -0.05) is 6.42 Å². The van der Waals surface area contributed by atoms with Gasteiger partial charge in [-0.3, -0.25) is 0 Å². The fraction of sp³-hybridized carbons (Fsp3) is 1.00. The van der Waals surface area contributed by atoms with E-state index in [2.05, 4.69) is 0 Å². The van der Waals surface area contributed by atoms with E-state index >= 15 is 0 Å². The van der Waals surface area contributed by atoms with Crippen molar-refractivity contribution in [2.45, 2.75) is 63.5 Å². The van der Waals surface area contributed by atoms with E-state index in [4.69, 9.17) is 11.5 Å². The van der Waals surface area contributed by atoms with E-state index in [0.29, 0.717) is 17.5 Å². The highest BCUT2D eigenvalue weighted by atomic mass is 14.7. The highest BCUT2D eigenvalue weighted by Crippen LogP contribution is 2.67. The lowest BCUT2D eigenvalue weighted by atomic mass is 9.70. The van der Waals surface area contributed by atoms with Crippen LogP contribution in [0.2, 0.25) is 0 Å². The maximum absolute atomic E-state index is 6.11. The summed E-state index contributed by atoms with van der Waals surface area (Å²) in [6.07, 6.45) is 10.8. The Morgan fingerprint density at radius 3 is 2.33 bits per heavy atom. The zero-order valence-electron chi connectivity index (χ0n) is 9.62. The van der Waals surface area contributed by atoms with Crippen molar-refractivity contribution in [1.82, 2.24) is 0 Å². The second kappa shape index (κ2) is 3.46. The lowest BCUT2D eigenvalue weighted by Gasteiger charge is -2.37. The summed E-state index contributed by atoms with van der Waals surface area (Å²) in [7, 11) is 0. The van der Waals surface area contributed by atoms with E-state index in [1.807, 2.05) is 0 Å². The summed E-state index contributed by atoms with van der Waals surface area (Å²) in [6, 6.07) is 0.998. The average Bonchev–Trinajstić information content (AvgIpc) is 2.92. The minimum atomic E-state index is 0.495. The van der Waals surface area contributed by atoms with Crippen molar-refractivity contribution in [2.75, 3.05) is 0 Å². The normalized spacial score (nSPS) is 54.8. The molecule has 3 aliphatic carbocycles. The van der Waals surface area contributed by atoms with Crippen LogP contribution in [0.15, 0.2) is 0 Å². The van der Waals surface area contributed by atoms with Gasteiger partial charge in [-0.2, -0.15) is 0 Å². The molecule has 0 heterocycles. The molecule has 3 fully saturated rings. The molecule has 4 unspecified atom stereocenters. The topological polar surface area (TPSA) is 52.0 Å². The lowest BCUT2D eigenvalue weighted by Crippen LogP contribution is -2.36. The molecule has 0 aromatic heterocycles. The van der Waals surface area contributed by atoms with Crippen LogP contribution in [0.3, 0.4) is 0 Å². The molecule has 0 amide bonds. The summed E-state index contributed by atoms with van der Waals surface area (Å²) >= 11 is 0. The summed E-state index contributed by atoms with van der Waals surface area (Å²) in [5.74, 6) is 1.91. The summed E-state index contributed by atoms with van der Waals surface area (Å²) in [5, 5.41) is 0. The lowest BCUT2D eigenvalue weighted by molar-refractivity contribution is 0.154. The first-order valence-corrected chi connectivity index (χ1v) is 6.72. The summed E-state index contributed by atoms with van der Waals surface area (Å²) < 4.78 is 0. The molecule has 0 aliphatic heterocycles. The van der Waals surface area contributed by atoms with E-state index in [9.17, 15) is 0 Å². The van der Waals surface area contributed by atoms with E-state index in [0.717, 1.165) is 11.8 Å². The molecule has 3 aliphatic rings. The zero-order valence-corrected chi connectivity index (χ0v) is 9.62. The van der Waals surface area contributed by atoms with Gasteiger partial charge >= 0.3 is 0 Å². The Bertz CT molecular complexity index is 253. The maximum atomic E-state index is 6.11. The number of hydrogen-bond donors (Lipinski definition) is 2. The molecule has 0 bridgehead atoms. The van der Waals surface area contributed by atoms with E-state index in [-0.39, 0.29) is 0 Å². The molecule has 0 spiro atoms. The molecule has 86 valence electrons. The van der Waals surface area contributed by atoms with Crippen molar-refractivity contribution in [1.29, 1.82) is 0 Å². The largest absolute Gasteiger partial charge is 0.328 e. The highest BCUT2D eigenvalue weighted by Gasteiger charge is 2.59. The molecule has 2 heteroatoms. The summed E-state index contributed by atoms with van der Waals surface area (Å²) in [6.45, 7) is 0. The van der Waals surface area contributed by atoms with Crippen LogP contribution < -0.4 is 11.5 Å².